The fourth-order valence-electron chi connectivity index (χ4n) is 3.38. The molecule has 4 aromatic rings. The minimum Gasteiger partial charge on any atom is -0.298 e. The standard InChI is InChI=1S/C22H17ClF3N5/c1-11-13(3)31(16-6-4-5-15(23)8-16)22-18(11)21(27-10-28-22)30-29-9-14-7-17(24)12(2)19(25)20(14)26/h4-10H,1-3H3,(H,27,28,30). The van der Waals surface area contributed by atoms with Gasteiger partial charge in [0.2, 0.25) is 0 Å². The van der Waals surface area contributed by atoms with Crippen LogP contribution in [0, 0.1) is 38.2 Å². The predicted molar refractivity (Wildman–Crippen MR) is 116 cm³/mol. The summed E-state index contributed by atoms with van der Waals surface area (Å²) in [6.07, 6.45) is 2.37. The maximum absolute atomic E-state index is 14.1. The molecular weight excluding hydrogens is 427 g/mol. The summed E-state index contributed by atoms with van der Waals surface area (Å²) < 4.78 is 43.5. The van der Waals surface area contributed by atoms with Gasteiger partial charge in [0.05, 0.1) is 11.6 Å². The lowest BCUT2D eigenvalue weighted by molar-refractivity contribution is 0.485. The molecule has 158 valence electrons. The molecule has 1 N–H and O–H groups in total. The normalized spacial score (nSPS) is 11.6. The Morgan fingerprint density at radius 2 is 1.81 bits per heavy atom. The van der Waals surface area contributed by atoms with Gasteiger partial charge < -0.3 is 0 Å². The quantitative estimate of drug-likeness (QED) is 0.244. The summed E-state index contributed by atoms with van der Waals surface area (Å²) >= 11 is 6.15. The third kappa shape index (κ3) is 3.63. The number of benzene rings is 2. The van der Waals surface area contributed by atoms with Crippen LogP contribution >= 0.6 is 11.6 Å². The van der Waals surface area contributed by atoms with Crippen LogP contribution in [0.3, 0.4) is 0 Å². The molecule has 0 spiro atoms. The molecule has 2 aromatic heterocycles. The van der Waals surface area contributed by atoms with Crippen LogP contribution in [0.25, 0.3) is 16.7 Å². The Bertz CT molecular complexity index is 1350. The first kappa shape index (κ1) is 20.9. The first-order valence-electron chi connectivity index (χ1n) is 9.31. The van der Waals surface area contributed by atoms with Crippen molar-refractivity contribution in [1.29, 1.82) is 0 Å². The van der Waals surface area contributed by atoms with Gasteiger partial charge in [0.25, 0.3) is 0 Å². The molecule has 0 bridgehead atoms. The molecule has 0 aliphatic carbocycles. The van der Waals surface area contributed by atoms with Gasteiger partial charge in [-0.25, -0.2) is 23.1 Å². The van der Waals surface area contributed by atoms with Gasteiger partial charge in [-0.05, 0) is 50.6 Å². The predicted octanol–water partition coefficient (Wildman–Crippen LogP) is 5.86. The van der Waals surface area contributed by atoms with Crippen molar-refractivity contribution in [2.45, 2.75) is 20.8 Å². The molecule has 0 saturated carbocycles. The Balaban J connectivity index is 1.75. The number of hydrogen-bond acceptors (Lipinski definition) is 4. The second-order valence-corrected chi connectivity index (χ2v) is 7.45. The fourth-order valence-corrected chi connectivity index (χ4v) is 3.56. The van der Waals surface area contributed by atoms with Crippen molar-refractivity contribution in [1.82, 2.24) is 14.5 Å². The van der Waals surface area contributed by atoms with E-state index in [0.717, 1.165) is 29.2 Å². The van der Waals surface area contributed by atoms with E-state index in [-0.39, 0.29) is 11.1 Å². The summed E-state index contributed by atoms with van der Waals surface area (Å²) in [4.78, 5) is 8.62. The molecule has 0 unspecified atom stereocenters. The van der Waals surface area contributed by atoms with E-state index in [1.54, 1.807) is 6.07 Å². The molecular formula is C22H17ClF3N5. The maximum atomic E-state index is 14.1. The number of halogens is 4. The topological polar surface area (TPSA) is 55.1 Å². The molecule has 4 rings (SSSR count). The first-order chi connectivity index (χ1) is 14.8. The van der Waals surface area contributed by atoms with E-state index in [1.165, 1.54) is 13.3 Å². The number of aromatic nitrogens is 3. The van der Waals surface area contributed by atoms with Gasteiger partial charge in [-0.1, -0.05) is 17.7 Å². The zero-order valence-electron chi connectivity index (χ0n) is 16.8. The van der Waals surface area contributed by atoms with Crippen LogP contribution in [-0.4, -0.2) is 20.7 Å². The first-order valence-corrected chi connectivity index (χ1v) is 9.69. The van der Waals surface area contributed by atoms with Crippen LogP contribution in [0.4, 0.5) is 19.0 Å². The van der Waals surface area contributed by atoms with Gasteiger partial charge in [-0.2, -0.15) is 5.10 Å². The number of hydrazone groups is 1. The Morgan fingerprint density at radius 1 is 1.03 bits per heavy atom. The van der Waals surface area contributed by atoms with Crippen LogP contribution in [0.5, 0.6) is 0 Å². The Labute approximate surface area is 181 Å². The third-order valence-electron chi connectivity index (χ3n) is 5.15. The van der Waals surface area contributed by atoms with E-state index in [2.05, 4.69) is 20.5 Å². The van der Waals surface area contributed by atoms with Crippen LogP contribution in [0.15, 0.2) is 41.8 Å². The lowest BCUT2D eigenvalue weighted by Crippen LogP contribution is -2.02. The second kappa shape index (κ2) is 8.03. The molecule has 5 nitrogen and oxygen atoms in total. The highest BCUT2D eigenvalue weighted by Crippen LogP contribution is 2.31. The van der Waals surface area contributed by atoms with Crippen molar-refractivity contribution >= 4 is 34.7 Å². The van der Waals surface area contributed by atoms with Crippen molar-refractivity contribution < 1.29 is 13.2 Å². The van der Waals surface area contributed by atoms with Crippen LogP contribution in [-0.2, 0) is 0 Å². The van der Waals surface area contributed by atoms with Crippen LogP contribution in [0.2, 0.25) is 5.02 Å². The zero-order chi connectivity index (χ0) is 22.3. The highest BCUT2D eigenvalue weighted by Gasteiger charge is 2.18. The van der Waals surface area contributed by atoms with Crippen molar-refractivity contribution in [3.8, 4) is 5.69 Å². The molecule has 2 aromatic carbocycles. The van der Waals surface area contributed by atoms with Gasteiger partial charge in [0.15, 0.2) is 23.1 Å². The maximum Gasteiger partial charge on any atom is 0.168 e. The molecule has 31 heavy (non-hydrogen) atoms. The largest absolute Gasteiger partial charge is 0.298 e. The molecule has 0 fully saturated rings. The zero-order valence-corrected chi connectivity index (χ0v) is 17.6. The Kier molecular flexibility index (Phi) is 5.41. The van der Waals surface area contributed by atoms with E-state index in [4.69, 9.17) is 11.6 Å². The average molecular weight is 444 g/mol. The molecule has 2 heterocycles. The molecule has 0 aliphatic heterocycles. The molecule has 0 saturated heterocycles. The summed E-state index contributed by atoms with van der Waals surface area (Å²) in [7, 11) is 0. The lowest BCUT2D eigenvalue weighted by Gasteiger charge is -2.08. The Hall–Kier alpha value is -3.39. The average Bonchev–Trinajstić information content (AvgIpc) is 3.01. The second-order valence-electron chi connectivity index (χ2n) is 7.02. The van der Waals surface area contributed by atoms with Crippen LogP contribution in [0.1, 0.15) is 22.4 Å². The van der Waals surface area contributed by atoms with Gasteiger partial charge in [-0.3, -0.25) is 9.99 Å². The molecule has 0 atom stereocenters. The van der Waals surface area contributed by atoms with E-state index in [9.17, 15) is 13.2 Å². The Morgan fingerprint density at radius 3 is 2.55 bits per heavy atom. The molecule has 0 aliphatic rings. The molecule has 9 heteroatoms. The van der Waals surface area contributed by atoms with Crippen molar-refractivity contribution in [2.24, 2.45) is 5.10 Å². The van der Waals surface area contributed by atoms with E-state index < -0.39 is 17.5 Å². The number of nitrogens with one attached hydrogen (secondary N) is 1. The van der Waals surface area contributed by atoms with Gasteiger partial charge in [-0.15, -0.1) is 0 Å². The minimum atomic E-state index is -1.24. The van der Waals surface area contributed by atoms with E-state index >= 15 is 0 Å². The molecule has 0 amide bonds. The van der Waals surface area contributed by atoms with Gasteiger partial charge in [0, 0.05) is 27.5 Å². The van der Waals surface area contributed by atoms with Crippen molar-refractivity contribution in [3.63, 3.8) is 0 Å². The van der Waals surface area contributed by atoms with Crippen LogP contribution < -0.4 is 5.43 Å². The summed E-state index contributed by atoms with van der Waals surface area (Å²) in [6.45, 7) is 5.03. The highest BCUT2D eigenvalue weighted by atomic mass is 35.5. The smallest absolute Gasteiger partial charge is 0.168 e. The number of hydrogen-bond donors (Lipinski definition) is 1. The third-order valence-corrected chi connectivity index (χ3v) is 5.38. The summed E-state index contributed by atoms with van der Waals surface area (Å²) in [6, 6.07) is 8.25. The monoisotopic (exact) mass is 443 g/mol. The number of anilines is 1. The minimum absolute atomic E-state index is 0.317. The summed E-state index contributed by atoms with van der Waals surface area (Å²) in [5.41, 5.74) is 5.33. The SMILES string of the molecule is Cc1c(F)cc(C=NNc2ncnc3c2c(C)c(C)n3-c2cccc(Cl)c2)c(F)c1F. The fraction of sp³-hybridized carbons (Fsp3) is 0.136. The van der Waals surface area contributed by atoms with E-state index in [1.807, 2.05) is 36.6 Å². The summed E-state index contributed by atoms with van der Waals surface area (Å²) in [5, 5.41) is 5.23. The number of nitrogens with zero attached hydrogens (tertiary/aromatic N) is 4. The number of aryl methyl sites for hydroxylation is 1. The van der Waals surface area contributed by atoms with E-state index in [0.29, 0.717) is 21.9 Å². The number of fused-ring (bicyclic) bond motifs is 1. The summed E-state index contributed by atoms with van der Waals surface area (Å²) in [5.74, 6) is -2.89. The van der Waals surface area contributed by atoms with Crippen molar-refractivity contribution in [2.75, 3.05) is 5.43 Å². The lowest BCUT2D eigenvalue weighted by atomic mass is 10.1. The van der Waals surface area contributed by atoms with Gasteiger partial charge in [0.1, 0.15) is 12.1 Å². The van der Waals surface area contributed by atoms with Crippen molar-refractivity contribution in [3.05, 3.63) is 81.5 Å². The molecule has 0 radical (unpaired) electrons. The number of rotatable bonds is 4. The van der Waals surface area contributed by atoms with Gasteiger partial charge >= 0.3 is 0 Å². The highest BCUT2D eigenvalue weighted by molar-refractivity contribution is 6.30.